The van der Waals surface area contributed by atoms with Crippen molar-refractivity contribution in [3.8, 4) is 0 Å². The molecule has 0 aliphatic rings. The molecule has 0 bridgehead atoms. The molecule has 0 aromatic carbocycles. The van der Waals surface area contributed by atoms with Gasteiger partial charge in [0.1, 0.15) is 0 Å². The fraction of sp³-hybridized carbons (Fsp3) is 0.385. The van der Waals surface area contributed by atoms with Crippen molar-refractivity contribution >= 4 is 17.7 Å². The smallest absolute Gasteiger partial charge is 0.245 e. The molecule has 0 radical (unpaired) electrons. The Bertz CT molecular complexity index is 553. The standard InChI is InChI=1S/C13H18N6O/c1-3-5-10-8-11(18-17-10)16-12(20)9-19(2)13-14-6-4-7-15-13/h4,6-8H,3,5,9H2,1-2H3,(H2,16,17,18,20). The maximum atomic E-state index is 11.9. The van der Waals surface area contributed by atoms with E-state index in [1.165, 1.54) is 0 Å². The quantitative estimate of drug-likeness (QED) is 0.827. The lowest BCUT2D eigenvalue weighted by Crippen LogP contribution is -2.31. The number of likely N-dealkylation sites (N-methyl/N-ethyl adjacent to an activating group) is 1. The summed E-state index contributed by atoms with van der Waals surface area (Å²) in [4.78, 5) is 21.7. The largest absolute Gasteiger partial charge is 0.335 e. The molecule has 2 aromatic rings. The number of amides is 1. The highest BCUT2D eigenvalue weighted by molar-refractivity contribution is 5.92. The second-order valence-electron chi connectivity index (χ2n) is 4.48. The number of hydrogen-bond acceptors (Lipinski definition) is 5. The zero-order valence-corrected chi connectivity index (χ0v) is 11.6. The van der Waals surface area contributed by atoms with Crippen LogP contribution in [-0.2, 0) is 11.2 Å². The topological polar surface area (TPSA) is 86.8 Å². The first-order chi connectivity index (χ1) is 9.69. The van der Waals surface area contributed by atoms with E-state index in [4.69, 9.17) is 0 Å². The summed E-state index contributed by atoms with van der Waals surface area (Å²) in [5.41, 5.74) is 1.02. The Balaban J connectivity index is 1.88. The van der Waals surface area contributed by atoms with Crippen molar-refractivity contribution in [2.75, 3.05) is 23.8 Å². The monoisotopic (exact) mass is 274 g/mol. The highest BCUT2D eigenvalue weighted by atomic mass is 16.2. The average molecular weight is 274 g/mol. The van der Waals surface area contributed by atoms with Gasteiger partial charge in [-0.1, -0.05) is 13.3 Å². The van der Waals surface area contributed by atoms with Gasteiger partial charge in [-0.15, -0.1) is 0 Å². The minimum Gasteiger partial charge on any atom is -0.335 e. The Hall–Kier alpha value is -2.44. The summed E-state index contributed by atoms with van der Waals surface area (Å²) in [6.07, 6.45) is 5.23. The van der Waals surface area contributed by atoms with Crippen LogP contribution in [0.25, 0.3) is 0 Å². The second-order valence-corrected chi connectivity index (χ2v) is 4.48. The molecular weight excluding hydrogens is 256 g/mol. The Morgan fingerprint density at radius 2 is 2.15 bits per heavy atom. The molecule has 2 heterocycles. The number of hydrogen-bond donors (Lipinski definition) is 2. The van der Waals surface area contributed by atoms with Crippen LogP contribution in [0.2, 0.25) is 0 Å². The molecule has 0 aliphatic heterocycles. The second kappa shape index (κ2) is 6.65. The van der Waals surface area contributed by atoms with Crippen LogP contribution in [0.3, 0.4) is 0 Å². The molecule has 0 spiro atoms. The Morgan fingerprint density at radius 1 is 1.40 bits per heavy atom. The average Bonchev–Trinajstić information content (AvgIpc) is 2.87. The number of aryl methyl sites for hydroxylation is 1. The highest BCUT2D eigenvalue weighted by Gasteiger charge is 2.10. The van der Waals surface area contributed by atoms with Gasteiger partial charge in [-0.05, 0) is 12.5 Å². The van der Waals surface area contributed by atoms with E-state index in [-0.39, 0.29) is 12.5 Å². The molecule has 7 heteroatoms. The lowest BCUT2D eigenvalue weighted by Gasteiger charge is -2.15. The van der Waals surface area contributed by atoms with Gasteiger partial charge >= 0.3 is 0 Å². The van der Waals surface area contributed by atoms with E-state index in [1.54, 1.807) is 30.4 Å². The molecule has 0 saturated carbocycles. The van der Waals surface area contributed by atoms with Crippen LogP contribution in [0.1, 0.15) is 19.0 Å². The van der Waals surface area contributed by atoms with Gasteiger partial charge in [0.15, 0.2) is 5.82 Å². The fourth-order valence-electron chi connectivity index (χ4n) is 1.78. The molecule has 1 amide bonds. The van der Waals surface area contributed by atoms with Crippen LogP contribution in [-0.4, -0.2) is 39.7 Å². The highest BCUT2D eigenvalue weighted by Crippen LogP contribution is 2.08. The first-order valence-corrected chi connectivity index (χ1v) is 6.51. The predicted molar refractivity (Wildman–Crippen MR) is 76.5 cm³/mol. The van der Waals surface area contributed by atoms with Gasteiger partial charge in [-0.25, -0.2) is 9.97 Å². The minimum atomic E-state index is -0.158. The normalized spacial score (nSPS) is 10.3. The van der Waals surface area contributed by atoms with Gasteiger partial charge < -0.3 is 10.2 Å². The summed E-state index contributed by atoms with van der Waals surface area (Å²) in [5, 5.41) is 9.68. The molecule has 2 aromatic heterocycles. The maximum Gasteiger partial charge on any atom is 0.245 e. The van der Waals surface area contributed by atoms with Crippen molar-refractivity contribution in [2.45, 2.75) is 19.8 Å². The van der Waals surface area contributed by atoms with E-state index in [0.29, 0.717) is 11.8 Å². The SMILES string of the molecule is CCCc1cc(NC(=O)CN(C)c2ncccn2)n[nH]1. The number of rotatable bonds is 6. The third-order valence-corrected chi connectivity index (χ3v) is 2.69. The maximum absolute atomic E-state index is 11.9. The molecule has 2 N–H and O–H groups in total. The summed E-state index contributed by atoms with van der Waals surface area (Å²) < 4.78 is 0. The number of aromatic amines is 1. The number of nitrogens with one attached hydrogen (secondary N) is 2. The summed E-state index contributed by atoms with van der Waals surface area (Å²) in [7, 11) is 1.77. The van der Waals surface area contributed by atoms with Crippen molar-refractivity contribution in [2.24, 2.45) is 0 Å². The Kier molecular flexibility index (Phi) is 4.65. The lowest BCUT2D eigenvalue weighted by atomic mass is 10.2. The van der Waals surface area contributed by atoms with Gasteiger partial charge in [0.2, 0.25) is 11.9 Å². The first-order valence-electron chi connectivity index (χ1n) is 6.51. The van der Waals surface area contributed by atoms with E-state index < -0.39 is 0 Å². The number of H-pyrrole nitrogens is 1. The molecule has 20 heavy (non-hydrogen) atoms. The predicted octanol–water partition coefficient (Wildman–Crippen LogP) is 1.23. The zero-order chi connectivity index (χ0) is 14.4. The van der Waals surface area contributed by atoms with Crippen LogP contribution in [0, 0.1) is 0 Å². The van der Waals surface area contributed by atoms with Gasteiger partial charge in [0.05, 0.1) is 6.54 Å². The summed E-state index contributed by atoms with van der Waals surface area (Å²) >= 11 is 0. The van der Waals surface area contributed by atoms with Crippen molar-refractivity contribution < 1.29 is 4.79 Å². The van der Waals surface area contributed by atoms with Gasteiger partial charge in [0.25, 0.3) is 0 Å². The van der Waals surface area contributed by atoms with E-state index in [1.807, 2.05) is 6.07 Å². The number of aromatic nitrogens is 4. The molecule has 106 valence electrons. The molecule has 0 unspecified atom stereocenters. The van der Waals surface area contributed by atoms with Gasteiger partial charge in [-0.2, -0.15) is 5.10 Å². The van der Waals surface area contributed by atoms with E-state index in [9.17, 15) is 4.79 Å². The van der Waals surface area contributed by atoms with Crippen molar-refractivity contribution in [3.63, 3.8) is 0 Å². The number of carbonyl (C=O) groups excluding carboxylic acids is 1. The molecular formula is C13H18N6O. The Labute approximate surface area is 117 Å². The van der Waals surface area contributed by atoms with Crippen LogP contribution in [0.5, 0.6) is 0 Å². The molecule has 7 nitrogen and oxygen atoms in total. The summed E-state index contributed by atoms with van der Waals surface area (Å²) in [5.74, 6) is 0.895. The number of nitrogens with zero attached hydrogens (tertiary/aromatic N) is 4. The minimum absolute atomic E-state index is 0.158. The van der Waals surface area contributed by atoms with E-state index >= 15 is 0 Å². The molecule has 0 saturated heterocycles. The summed E-state index contributed by atoms with van der Waals surface area (Å²) in [6.45, 7) is 2.26. The first kappa shape index (κ1) is 14.0. The number of carbonyl (C=O) groups is 1. The molecule has 0 aliphatic carbocycles. The van der Waals surface area contributed by atoms with Crippen molar-refractivity contribution in [1.82, 2.24) is 20.2 Å². The van der Waals surface area contributed by atoms with E-state index in [2.05, 4.69) is 32.4 Å². The van der Waals surface area contributed by atoms with Crippen LogP contribution in [0.4, 0.5) is 11.8 Å². The molecule has 0 atom stereocenters. The Morgan fingerprint density at radius 3 is 2.85 bits per heavy atom. The molecule has 0 fully saturated rings. The molecule has 2 rings (SSSR count). The van der Waals surface area contributed by atoms with Gasteiger partial charge in [-0.3, -0.25) is 9.89 Å². The fourth-order valence-corrected chi connectivity index (χ4v) is 1.78. The third-order valence-electron chi connectivity index (χ3n) is 2.69. The van der Waals surface area contributed by atoms with Crippen LogP contribution >= 0.6 is 0 Å². The van der Waals surface area contributed by atoms with E-state index in [0.717, 1.165) is 18.5 Å². The van der Waals surface area contributed by atoms with Gasteiger partial charge in [0, 0.05) is 31.2 Å². The zero-order valence-electron chi connectivity index (χ0n) is 11.6. The lowest BCUT2D eigenvalue weighted by molar-refractivity contribution is -0.115. The van der Waals surface area contributed by atoms with Crippen molar-refractivity contribution in [1.29, 1.82) is 0 Å². The van der Waals surface area contributed by atoms with Crippen molar-refractivity contribution in [3.05, 3.63) is 30.2 Å². The third kappa shape index (κ3) is 3.78. The van der Waals surface area contributed by atoms with Crippen LogP contribution in [0.15, 0.2) is 24.5 Å². The number of anilines is 2. The summed E-state index contributed by atoms with van der Waals surface area (Å²) in [6, 6.07) is 3.58. The van der Waals surface area contributed by atoms with Crippen LogP contribution < -0.4 is 10.2 Å².